The van der Waals surface area contributed by atoms with Gasteiger partial charge in [0.2, 0.25) is 17.7 Å². The van der Waals surface area contributed by atoms with Gasteiger partial charge < -0.3 is 25.2 Å². The molecule has 2 aromatic carbocycles. The number of aromatic nitrogens is 4. The predicted molar refractivity (Wildman–Crippen MR) is 180 cm³/mol. The second kappa shape index (κ2) is 14.5. The summed E-state index contributed by atoms with van der Waals surface area (Å²) in [6.45, 7) is 4.28. The number of β-amino-alcohol motifs (C(OH)–C–C–N with tert-alkyl or cyclic N) is 1. The van der Waals surface area contributed by atoms with Gasteiger partial charge in [-0.1, -0.05) is 59.6 Å². The minimum absolute atomic E-state index is 0.0824. The number of likely N-dealkylation sites (tertiary alicyclic amines) is 1. The fourth-order valence-corrected chi connectivity index (χ4v) is 6.81. The summed E-state index contributed by atoms with van der Waals surface area (Å²) in [6, 6.07) is 11.7. The van der Waals surface area contributed by atoms with E-state index in [-0.39, 0.29) is 24.1 Å². The van der Waals surface area contributed by atoms with E-state index in [1.807, 2.05) is 36.4 Å². The van der Waals surface area contributed by atoms with Crippen molar-refractivity contribution in [3.8, 4) is 45.4 Å². The van der Waals surface area contributed by atoms with Gasteiger partial charge in [-0.05, 0) is 19.8 Å². The number of methoxy groups -OCH3 is 2. The molecule has 0 radical (unpaired) electrons. The van der Waals surface area contributed by atoms with Gasteiger partial charge in [-0.25, -0.2) is 9.97 Å². The van der Waals surface area contributed by atoms with Gasteiger partial charge in [-0.15, -0.1) is 0 Å². The van der Waals surface area contributed by atoms with Gasteiger partial charge in [-0.3, -0.25) is 19.7 Å². The van der Waals surface area contributed by atoms with Crippen molar-refractivity contribution < 1.29 is 19.4 Å². The van der Waals surface area contributed by atoms with E-state index in [1.54, 1.807) is 26.6 Å². The fourth-order valence-electron chi connectivity index (χ4n) is 6.16. The highest BCUT2D eigenvalue weighted by Gasteiger charge is 2.29. The molecule has 2 aliphatic heterocycles. The summed E-state index contributed by atoms with van der Waals surface area (Å²) in [4.78, 5) is 32.4. The Morgan fingerprint density at radius 3 is 2.04 bits per heavy atom. The number of aliphatic hydroxyl groups excluding tert-OH is 1. The molecule has 6 rings (SSSR count). The van der Waals surface area contributed by atoms with Crippen molar-refractivity contribution in [2.24, 2.45) is 0 Å². The minimum atomic E-state index is -0.343. The van der Waals surface area contributed by atoms with Gasteiger partial charge >= 0.3 is 0 Å². The number of ether oxygens (including phenoxy) is 2. The van der Waals surface area contributed by atoms with E-state index in [0.29, 0.717) is 88.3 Å². The quantitative estimate of drug-likeness (QED) is 0.201. The first-order valence-corrected chi connectivity index (χ1v) is 16.3. The Labute approximate surface area is 283 Å². The Hall–Kier alpha value is -3.87. The summed E-state index contributed by atoms with van der Waals surface area (Å²) in [7, 11) is 3.13. The van der Waals surface area contributed by atoms with E-state index in [4.69, 9.17) is 42.6 Å². The van der Waals surface area contributed by atoms with E-state index in [1.165, 1.54) is 0 Å². The summed E-state index contributed by atoms with van der Waals surface area (Å²) in [5.41, 5.74) is 5.27. The number of halogens is 2. The predicted octanol–water partition coefficient (Wildman–Crippen LogP) is 4.91. The number of aliphatic hydroxyl groups is 1. The lowest BCUT2D eigenvalue weighted by molar-refractivity contribution is -0.119. The van der Waals surface area contributed by atoms with Crippen molar-refractivity contribution in [1.29, 1.82) is 0 Å². The first-order valence-electron chi connectivity index (χ1n) is 15.6. The monoisotopic (exact) mass is 677 g/mol. The maximum absolute atomic E-state index is 11.5. The Bertz CT molecular complexity index is 1770. The second-order valence-electron chi connectivity index (χ2n) is 11.9. The Kier molecular flexibility index (Phi) is 10.2. The molecule has 2 fully saturated rings. The molecule has 4 heterocycles. The van der Waals surface area contributed by atoms with Crippen LogP contribution in [-0.2, 0) is 17.9 Å². The highest BCUT2D eigenvalue weighted by molar-refractivity contribution is 6.39. The summed E-state index contributed by atoms with van der Waals surface area (Å²) in [5, 5.41) is 17.3. The number of rotatable bonds is 11. The molecule has 0 aliphatic carbocycles. The molecule has 3 atom stereocenters. The average Bonchev–Trinajstić information content (AvgIpc) is 3.64. The van der Waals surface area contributed by atoms with Gasteiger partial charge in [0.05, 0.1) is 54.2 Å². The number of nitrogens with one attached hydrogen (secondary N) is 2. The summed E-state index contributed by atoms with van der Waals surface area (Å²) in [5.74, 6) is 0.881. The first kappa shape index (κ1) is 33.0. The third kappa shape index (κ3) is 7.19. The molecule has 0 bridgehead atoms. The number of carbonyl (C=O) groups excluding carboxylic acids is 1. The highest BCUT2D eigenvalue weighted by Crippen LogP contribution is 2.42. The third-order valence-corrected chi connectivity index (χ3v) is 9.47. The largest absolute Gasteiger partial charge is 0.480 e. The first-order chi connectivity index (χ1) is 22.7. The maximum atomic E-state index is 11.5. The molecule has 1 amide bonds. The molecule has 0 spiro atoms. The summed E-state index contributed by atoms with van der Waals surface area (Å²) in [6.07, 6.45) is 5.12. The van der Waals surface area contributed by atoms with Gasteiger partial charge in [0.15, 0.2) is 0 Å². The molecule has 4 aromatic rings. The van der Waals surface area contributed by atoms with E-state index in [9.17, 15) is 9.90 Å². The van der Waals surface area contributed by atoms with Crippen LogP contribution in [0.5, 0.6) is 11.8 Å². The van der Waals surface area contributed by atoms with Crippen molar-refractivity contribution >= 4 is 29.1 Å². The number of nitrogens with zero attached hydrogens (tertiary/aromatic N) is 5. The average molecular weight is 679 g/mol. The molecule has 13 heteroatoms. The lowest BCUT2D eigenvalue weighted by Crippen LogP contribution is -2.35. The van der Waals surface area contributed by atoms with Crippen LogP contribution in [0.3, 0.4) is 0 Å². The molecule has 2 saturated heterocycles. The molecule has 246 valence electrons. The van der Waals surface area contributed by atoms with Crippen LogP contribution in [0, 0.1) is 0 Å². The SMILES string of the molecule is COc1nc(-c2cccc(-c3cccc(-c4cnc(CN5C[C@H](O)C[C@H]5C)c(OC)n4)c3Cl)c2Cl)cnc1CNC[C@@H]1CCC(=O)N1. The molecule has 2 aromatic heterocycles. The smallest absolute Gasteiger partial charge is 0.237 e. The fraction of sp³-hybridized carbons (Fsp3) is 0.382. The topological polar surface area (TPSA) is 135 Å². The maximum Gasteiger partial charge on any atom is 0.237 e. The normalized spacial score (nSPS) is 19.6. The molecule has 3 N–H and O–H groups in total. The number of carbonyl (C=O) groups is 1. The molecule has 0 saturated carbocycles. The van der Waals surface area contributed by atoms with Crippen LogP contribution in [0.2, 0.25) is 10.0 Å². The van der Waals surface area contributed by atoms with Crippen molar-refractivity contribution in [1.82, 2.24) is 35.5 Å². The van der Waals surface area contributed by atoms with E-state index >= 15 is 0 Å². The van der Waals surface area contributed by atoms with Crippen molar-refractivity contribution in [2.45, 2.75) is 57.5 Å². The molecule has 2 aliphatic rings. The molecule has 47 heavy (non-hydrogen) atoms. The van der Waals surface area contributed by atoms with Crippen LogP contribution in [0.25, 0.3) is 33.6 Å². The second-order valence-corrected chi connectivity index (χ2v) is 12.6. The number of hydrogen-bond donors (Lipinski definition) is 3. The summed E-state index contributed by atoms with van der Waals surface area (Å²) >= 11 is 14.1. The van der Waals surface area contributed by atoms with Crippen LogP contribution in [-0.4, -0.2) is 81.3 Å². The third-order valence-electron chi connectivity index (χ3n) is 8.65. The van der Waals surface area contributed by atoms with Gasteiger partial charge in [0.25, 0.3) is 0 Å². The molecular formula is C34H37Cl2N7O4. The van der Waals surface area contributed by atoms with Crippen LogP contribution in [0.4, 0.5) is 0 Å². The number of amides is 1. The van der Waals surface area contributed by atoms with Crippen molar-refractivity contribution in [3.05, 3.63) is 70.2 Å². The lowest BCUT2D eigenvalue weighted by Gasteiger charge is -2.21. The zero-order valence-corrected chi connectivity index (χ0v) is 28.0. The van der Waals surface area contributed by atoms with Crippen LogP contribution in [0.1, 0.15) is 37.6 Å². The Morgan fingerprint density at radius 2 is 1.51 bits per heavy atom. The van der Waals surface area contributed by atoms with E-state index in [2.05, 4.69) is 32.4 Å². The van der Waals surface area contributed by atoms with Crippen LogP contribution < -0.4 is 20.1 Å². The van der Waals surface area contributed by atoms with Crippen molar-refractivity contribution in [3.63, 3.8) is 0 Å². The Morgan fingerprint density at radius 1 is 0.936 bits per heavy atom. The zero-order valence-electron chi connectivity index (χ0n) is 26.5. The Balaban J connectivity index is 1.24. The summed E-state index contributed by atoms with van der Waals surface area (Å²) < 4.78 is 11.2. The standard InChI is InChI=1S/C34H37Cl2N7O4/c1-19-12-21(44)17-43(19)18-29-34(47-3)42-27(16-39-29)25-9-5-7-23(32(25)36)22-6-4-8-24(31(22)35)26-15-38-28(33(41-26)46-2)14-37-13-20-10-11-30(45)40-20/h4-9,15-16,19-21,37,44H,10-14,17-18H2,1-3H3,(H,40,45)/t19-,20+,21-/m1/s1. The molecular weight excluding hydrogens is 641 g/mol. The molecule has 0 unspecified atom stereocenters. The van der Waals surface area contributed by atoms with Crippen LogP contribution >= 0.6 is 23.2 Å². The van der Waals surface area contributed by atoms with E-state index in [0.717, 1.165) is 24.0 Å². The number of hydrogen-bond acceptors (Lipinski definition) is 10. The van der Waals surface area contributed by atoms with E-state index < -0.39 is 0 Å². The van der Waals surface area contributed by atoms with Gasteiger partial charge in [0.1, 0.15) is 11.4 Å². The highest BCUT2D eigenvalue weighted by atomic mass is 35.5. The lowest BCUT2D eigenvalue weighted by atomic mass is 9.98. The van der Waals surface area contributed by atoms with Gasteiger partial charge in [-0.2, -0.15) is 0 Å². The zero-order chi connectivity index (χ0) is 33.1. The van der Waals surface area contributed by atoms with Crippen LogP contribution in [0.15, 0.2) is 48.8 Å². The minimum Gasteiger partial charge on any atom is -0.480 e. The number of benzene rings is 2. The van der Waals surface area contributed by atoms with Crippen molar-refractivity contribution in [2.75, 3.05) is 27.3 Å². The molecule has 11 nitrogen and oxygen atoms in total. The van der Waals surface area contributed by atoms with Gasteiger partial charge in [0, 0.05) is 66.9 Å².